The topological polar surface area (TPSA) is 58.6 Å². The number of nitrogens with zero attached hydrogens (tertiary/aromatic N) is 1. The Hall–Kier alpha value is -0.810. The van der Waals surface area contributed by atoms with Crippen LogP contribution in [0.3, 0.4) is 0 Å². The van der Waals surface area contributed by atoms with E-state index in [4.69, 9.17) is 16.3 Å². The predicted octanol–water partition coefficient (Wildman–Crippen LogP) is 0.818. The van der Waals surface area contributed by atoms with Crippen molar-refractivity contribution in [3.05, 3.63) is 0 Å². The van der Waals surface area contributed by atoms with E-state index in [2.05, 4.69) is 5.32 Å². The smallest absolute Gasteiger partial charge is 0.324 e. The average Bonchev–Trinajstić information content (AvgIpc) is 2.17. The SMILES string of the molecule is COCCN(C(=O)NC(=O)CCl)C(C)C. The molecule has 15 heavy (non-hydrogen) atoms. The monoisotopic (exact) mass is 236 g/mol. The molecule has 0 saturated heterocycles. The van der Waals surface area contributed by atoms with E-state index in [1.54, 1.807) is 7.11 Å². The highest BCUT2D eigenvalue weighted by atomic mass is 35.5. The van der Waals surface area contributed by atoms with Crippen molar-refractivity contribution in [1.29, 1.82) is 0 Å². The van der Waals surface area contributed by atoms with Gasteiger partial charge in [0, 0.05) is 19.7 Å². The zero-order chi connectivity index (χ0) is 11.8. The molecule has 0 aliphatic carbocycles. The van der Waals surface area contributed by atoms with Crippen molar-refractivity contribution >= 4 is 23.5 Å². The number of rotatable bonds is 5. The molecule has 0 spiro atoms. The van der Waals surface area contributed by atoms with Gasteiger partial charge in [-0.15, -0.1) is 11.6 Å². The molecule has 6 heteroatoms. The Morgan fingerprint density at radius 1 is 1.47 bits per heavy atom. The highest BCUT2D eigenvalue weighted by Crippen LogP contribution is 1.98. The van der Waals surface area contributed by atoms with Gasteiger partial charge in [-0.3, -0.25) is 10.1 Å². The second-order valence-electron chi connectivity index (χ2n) is 3.27. The van der Waals surface area contributed by atoms with Crippen molar-refractivity contribution in [2.24, 2.45) is 0 Å². The maximum atomic E-state index is 11.5. The van der Waals surface area contributed by atoms with Gasteiger partial charge in [0.2, 0.25) is 5.91 Å². The molecule has 0 radical (unpaired) electrons. The summed E-state index contributed by atoms with van der Waals surface area (Å²) >= 11 is 5.28. The van der Waals surface area contributed by atoms with Crippen molar-refractivity contribution in [3.8, 4) is 0 Å². The lowest BCUT2D eigenvalue weighted by atomic mass is 10.3. The van der Waals surface area contributed by atoms with Crippen LogP contribution in [0.25, 0.3) is 0 Å². The molecule has 88 valence electrons. The van der Waals surface area contributed by atoms with Gasteiger partial charge in [0.05, 0.1) is 6.61 Å². The van der Waals surface area contributed by atoms with Crippen molar-refractivity contribution in [2.45, 2.75) is 19.9 Å². The Bertz CT molecular complexity index is 221. The third-order valence-electron chi connectivity index (χ3n) is 1.79. The zero-order valence-corrected chi connectivity index (χ0v) is 10.0. The minimum Gasteiger partial charge on any atom is -0.383 e. The summed E-state index contributed by atoms with van der Waals surface area (Å²) in [4.78, 5) is 23.9. The molecule has 0 atom stereocenters. The van der Waals surface area contributed by atoms with Crippen LogP contribution >= 0.6 is 11.6 Å². The number of ether oxygens (including phenoxy) is 1. The number of halogens is 1. The first-order chi connectivity index (χ1) is 7.02. The number of carbonyl (C=O) groups is 2. The second-order valence-corrected chi connectivity index (χ2v) is 3.53. The van der Waals surface area contributed by atoms with Gasteiger partial charge in [0.1, 0.15) is 5.88 Å². The van der Waals surface area contributed by atoms with Crippen LogP contribution in [0.5, 0.6) is 0 Å². The molecule has 0 aromatic heterocycles. The fraction of sp³-hybridized carbons (Fsp3) is 0.778. The number of hydrogen-bond donors (Lipinski definition) is 1. The van der Waals surface area contributed by atoms with Gasteiger partial charge in [-0.2, -0.15) is 0 Å². The standard InChI is InChI=1S/C9H17ClN2O3/c1-7(2)12(4-5-15-3)9(14)11-8(13)6-10/h7H,4-6H2,1-3H3,(H,11,13,14). The molecule has 0 aliphatic rings. The summed E-state index contributed by atoms with van der Waals surface area (Å²) in [6.45, 7) is 4.59. The minimum atomic E-state index is -0.496. The molecule has 0 unspecified atom stereocenters. The second kappa shape index (κ2) is 7.48. The Balaban J connectivity index is 4.22. The largest absolute Gasteiger partial charge is 0.383 e. The number of hydrogen-bond acceptors (Lipinski definition) is 3. The molecular weight excluding hydrogens is 220 g/mol. The molecule has 0 aromatic rings. The third kappa shape index (κ3) is 5.59. The van der Waals surface area contributed by atoms with Gasteiger partial charge in [-0.25, -0.2) is 4.79 Å². The molecular formula is C9H17ClN2O3. The van der Waals surface area contributed by atoms with Crippen molar-refractivity contribution in [1.82, 2.24) is 10.2 Å². The highest BCUT2D eigenvalue weighted by molar-refractivity contribution is 6.28. The van der Waals surface area contributed by atoms with Crippen LogP contribution in [0.2, 0.25) is 0 Å². The quantitative estimate of drug-likeness (QED) is 0.719. The number of alkyl halides is 1. The summed E-state index contributed by atoms with van der Waals surface area (Å²) < 4.78 is 4.87. The predicted molar refractivity (Wildman–Crippen MR) is 58.0 cm³/mol. The van der Waals surface area contributed by atoms with Gasteiger partial charge in [-0.05, 0) is 13.8 Å². The van der Waals surface area contributed by atoms with Crippen LogP contribution in [-0.4, -0.2) is 49.0 Å². The third-order valence-corrected chi connectivity index (χ3v) is 2.03. The lowest BCUT2D eigenvalue weighted by Gasteiger charge is -2.26. The van der Waals surface area contributed by atoms with Crippen molar-refractivity contribution in [3.63, 3.8) is 0 Å². The van der Waals surface area contributed by atoms with Crippen LogP contribution in [0.4, 0.5) is 4.79 Å². The summed E-state index contributed by atoms with van der Waals surface area (Å²) in [5, 5.41) is 2.18. The first kappa shape index (κ1) is 14.2. The molecule has 0 fully saturated rings. The van der Waals surface area contributed by atoms with Crippen molar-refractivity contribution in [2.75, 3.05) is 26.1 Å². The Kier molecular flexibility index (Phi) is 7.07. The fourth-order valence-electron chi connectivity index (χ4n) is 1.01. The fourth-order valence-corrected chi connectivity index (χ4v) is 1.08. The maximum Gasteiger partial charge on any atom is 0.324 e. The van der Waals surface area contributed by atoms with Crippen molar-refractivity contribution < 1.29 is 14.3 Å². The van der Waals surface area contributed by atoms with E-state index in [1.807, 2.05) is 13.8 Å². The van der Waals surface area contributed by atoms with Gasteiger partial charge >= 0.3 is 6.03 Å². The first-order valence-electron chi connectivity index (χ1n) is 4.68. The van der Waals surface area contributed by atoms with Crippen LogP contribution < -0.4 is 5.32 Å². The lowest BCUT2D eigenvalue weighted by molar-refractivity contribution is -0.117. The molecule has 0 aliphatic heterocycles. The molecule has 0 bridgehead atoms. The summed E-state index contributed by atoms with van der Waals surface area (Å²) in [5.41, 5.74) is 0. The Labute approximate surface area is 94.7 Å². The maximum absolute atomic E-state index is 11.5. The Morgan fingerprint density at radius 2 is 2.07 bits per heavy atom. The van der Waals surface area contributed by atoms with Gasteiger partial charge < -0.3 is 9.64 Å². The van der Waals surface area contributed by atoms with Crippen LogP contribution in [-0.2, 0) is 9.53 Å². The van der Waals surface area contributed by atoms with E-state index in [-0.39, 0.29) is 11.9 Å². The van der Waals surface area contributed by atoms with Gasteiger partial charge in [0.15, 0.2) is 0 Å². The zero-order valence-electron chi connectivity index (χ0n) is 9.25. The minimum absolute atomic E-state index is 0.00303. The van der Waals surface area contributed by atoms with E-state index in [1.165, 1.54) is 4.90 Å². The summed E-state index contributed by atoms with van der Waals surface area (Å²) in [6, 6.07) is -0.434. The van der Waals surface area contributed by atoms with E-state index >= 15 is 0 Å². The highest BCUT2D eigenvalue weighted by Gasteiger charge is 2.18. The van der Waals surface area contributed by atoms with Crippen LogP contribution in [0.15, 0.2) is 0 Å². The van der Waals surface area contributed by atoms with Crippen LogP contribution in [0.1, 0.15) is 13.8 Å². The van der Waals surface area contributed by atoms with Crippen LogP contribution in [0, 0.1) is 0 Å². The average molecular weight is 237 g/mol. The number of carbonyl (C=O) groups excluding carboxylic acids is 2. The number of nitrogens with one attached hydrogen (secondary N) is 1. The van der Waals surface area contributed by atoms with E-state index < -0.39 is 11.9 Å². The molecule has 3 amide bonds. The summed E-state index contributed by atoms with van der Waals surface area (Å²) in [5.74, 6) is -0.716. The number of amides is 3. The molecule has 1 N–H and O–H groups in total. The van der Waals surface area contributed by atoms with E-state index in [0.717, 1.165) is 0 Å². The number of urea groups is 1. The van der Waals surface area contributed by atoms with Gasteiger partial charge in [0.25, 0.3) is 0 Å². The first-order valence-corrected chi connectivity index (χ1v) is 5.21. The van der Waals surface area contributed by atoms with E-state index in [0.29, 0.717) is 13.2 Å². The number of methoxy groups -OCH3 is 1. The Morgan fingerprint density at radius 3 is 2.47 bits per heavy atom. The summed E-state index contributed by atoms with van der Waals surface area (Å²) in [6.07, 6.45) is 0. The molecule has 0 heterocycles. The van der Waals surface area contributed by atoms with Gasteiger partial charge in [-0.1, -0.05) is 0 Å². The molecule has 0 aromatic carbocycles. The number of imide groups is 1. The molecule has 0 rings (SSSR count). The van der Waals surface area contributed by atoms with E-state index in [9.17, 15) is 9.59 Å². The lowest BCUT2D eigenvalue weighted by Crippen LogP contribution is -2.47. The molecule has 5 nitrogen and oxygen atoms in total. The molecule has 0 saturated carbocycles. The summed E-state index contributed by atoms with van der Waals surface area (Å²) in [7, 11) is 1.56. The normalized spacial score (nSPS) is 10.2.